The van der Waals surface area contributed by atoms with E-state index in [1.165, 1.54) is 22.3 Å². The molecule has 0 spiro atoms. The summed E-state index contributed by atoms with van der Waals surface area (Å²) >= 11 is 0. The van der Waals surface area contributed by atoms with E-state index in [0.717, 1.165) is 12.8 Å². The standard InChI is InChI=1S/C21H29NO3/c1-14-7-6-8-15(2)19(14)11-16-9-17-12-24-13-18(10-16)22(17)20(23)25-21(3,4)5/h6-9,17-18H,10-13H2,1-5H3. The van der Waals surface area contributed by atoms with Gasteiger partial charge in [-0.1, -0.05) is 29.8 Å². The number of aryl methyl sites for hydroxylation is 2. The first-order valence-electron chi connectivity index (χ1n) is 9.08. The summed E-state index contributed by atoms with van der Waals surface area (Å²) in [5.41, 5.74) is 4.98. The van der Waals surface area contributed by atoms with Gasteiger partial charge < -0.3 is 9.47 Å². The highest BCUT2D eigenvalue weighted by atomic mass is 16.6. The lowest BCUT2D eigenvalue weighted by Crippen LogP contribution is -2.57. The molecule has 3 rings (SSSR count). The molecule has 4 heteroatoms. The normalized spacial score (nSPS) is 23.2. The fraction of sp³-hybridized carbons (Fsp3) is 0.571. The van der Waals surface area contributed by atoms with Gasteiger partial charge in [0.05, 0.1) is 25.3 Å². The number of morpholine rings is 1. The van der Waals surface area contributed by atoms with Crippen molar-refractivity contribution >= 4 is 6.09 Å². The summed E-state index contributed by atoms with van der Waals surface area (Å²) in [6, 6.07) is 6.49. The SMILES string of the molecule is Cc1cccc(C)c1CC1=CC2COCC(C1)N2C(=O)OC(C)(C)C. The molecule has 4 nitrogen and oxygen atoms in total. The van der Waals surface area contributed by atoms with Crippen LogP contribution in [-0.2, 0) is 15.9 Å². The van der Waals surface area contributed by atoms with Gasteiger partial charge in [0.15, 0.2) is 0 Å². The Morgan fingerprint density at radius 1 is 1.24 bits per heavy atom. The molecule has 2 heterocycles. The van der Waals surface area contributed by atoms with E-state index in [0.29, 0.717) is 13.2 Å². The van der Waals surface area contributed by atoms with Gasteiger partial charge in [0, 0.05) is 0 Å². The number of hydrogen-bond donors (Lipinski definition) is 0. The van der Waals surface area contributed by atoms with Crippen LogP contribution in [0, 0.1) is 13.8 Å². The third-order valence-corrected chi connectivity index (χ3v) is 4.93. The van der Waals surface area contributed by atoms with Gasteiger partial charge in [-0.2, -0.15) is 0 Å². The summed E-state index contributed by atoms with van der Waals surface area (Å²) < 4.78 is 11.3. The lowest BCUT2D eigenvalue weighted by atomic mass is 9.88. The number of rotatable bonds is 2. The molecule has 25 heavy (non-hydrogen) atoms. The number of nitrogens with zero attached hydrogens (tertiary/aromatic N) is 1. The quantitative estimate of drug-likeness (QED) is 0.756. The highest BCUT2D eigenvalue weighted by Crippen LogP contribution is 2.31. The molecule has 0 saturated carbocycles. The maximum Gasteiger partial charge on any atom is 0.411 e. The topological polar surface area (TPSA) is 38.8 Å². The number of benzene rings is 1. The predicted molar refractivity (Wildman–Crippen MR) is 98.8 cm³/mol. The molecule has 136 valence electrons. The Labute approximate surface area is 150 Å². The van der Waals surface area contributed by atoms with Gasteiger partial charge in [-0.05, 0) is 64.2 Å². The molecule has 1 aromatic carbocycles. The lowest BCUT2D eigenvalue weighted by Gasteiger charge is -2.44. The second-order valence-corrected chi connectivity index (χ2v) is 8.22. The van der Waals surface area contributed by atoms with Gasteiger partial charge >= 0.3 is 6.09 Å². The van der Waals surface area contributed by atoms with Gasteiger partial charge in [-0.25, -0.2) is 4.79 Å². The highest BCUT2D eigenvalue weighted by molar-refractivity contribution is 5.70. The van der Waals surface area contributed by atoms with E-state index in [9.17, 15) is 4.79 Å². The average molecular weight is 343 g/mol. The number of hydrogen-bond acceptors (Lipinski definition) is 3. The van der Waals surface area contributed by atoms with Gasteiger partial charge in [0.1, 0.15) is 5.60 Å². The molecule has 2 bridgehead atoms. The first-order valence-corrected chi connectivity index (χ1v) is 9.08. The second kappa shape index (κ2) is 6.83. The largest absolute Gasteiger partial charge is 0.444 e. The van der Waals surface area contributed by atoms with Crippen molar-refractivity contribution in [3.8, 4) is 0 Å². The zero-order valence-electron chi connectivity index (χ0n) is 16.0. The molecule has 1 fully saturated rings. The van der Waals surface area contributed by atoms with E-state index >= 15 is 0 Å². The number of ether oxygens (including phenoxy) is 2. The fourth-order valence-corrected chi connectivity index (χ4v) is 3.77. The molecule has 0 N–H and O–H groups in total. The zero-order valence-corrected chi connectivity index (χ0v) is 16.0. The molecule has 2 aliphatic heterocycles. The van der Waals surface area contributed by atoms with Crippen LogP contribution < -0.4 is 0 Å². The van der Waals surface area contributed by atoms with Crippen molar-refractivity contribution in [3.63, 3.8) is 0 Å². The molecule has 1 saturated heterocycles. The van der Waals surface area contributed by atoms with Crippen LogP contribution in [0.25, 0.3) is 0 Å². The minimum Gasteiger partial charge on any atom is -0.444 e. The van der Waals surface area contributed by atoms with Crippen LogP contribution in [-0.4, -0.2) is 41.9 Å². The highest BCUT2D eigenvalue weighted by Gasteiger charge is 2.39. The Morgan fingerprint density at radius 3 is 2.52 bits per heavy atom. The van der Waals surface area contributed by atoms with Crippen LogP contribution in [0.3, 0.4) is 0 Å². The number of amides is 1. The van der Waals surface area contributed by atoms with Gasteiger partial charge in [-0.3, -0.25) is 4.90 Å². The number of carbonyl (C=O) groups excluding carboxylic acids is 1. The van der Waals surface area contributed by atoms with Crippen LogP contribution in [0.5, 0.6) is 0 Å². The van der Waals surface area contributed by atoms with E-state index in [4.69, 9.17) is 9.47 Å². The first-order chi connectivity index (χ1) is 11.7. The van der Waals surface area contributed by atoms with Crippen molar-refractivity contribution in [1.29, 1.82) is 0 Å². The molecule has 0 aromatic heterocycles. The van der Waals surface area contributed by atoms with E-state index in [-0.39, 0.29) is 18.2 Å². The summed E-state index contributed by atoms with van der Waals surface area (Å²) in [7, 11) is 0. The molecular weight excluding hydrogens is 314 g/mol. The number of fused-ring (bicyclic) bond motifs is 2. The molecule has 1 amide bonds. The summed E-state index contributed by atoms with van der Waals surface area (Å²) in [6.07, 6.45) is 3.79. The minimum absolute atomic E-state index is 0.0262. The van der Waals surface area contributed by atoms with E-state index < -0.39 is 5.60 Å². The Balaban J connectivity index is 1.80. The minimum atomic E-state index is -0.478. The Kier molecular flexibility index (Phi) is 4.92. The van der Waals surface area contributed by atoms with E-state index in [1.807, 2.05) is 25.7 Å². The Morgan fingerprint density at radius 2 is 1.92 bits per heavy atom. The van der Waals surface area contributed by atoms with Gasteiger partial charge in [0.25, 0.3) is 0 Å². The molecule has 0 aliphatic carbocycles. The molecule has 1 aromatic rings. The molecule has 2 aliphatic rings. The van der Waals surface area contributed by atoms with E-state index in [1.54, 1.807) is 0 Å². The van der Waals surface area contributed by atoms with Crippen molar-refractivity contribution in [1.82, 2.24) is 4.90 Å². The molecule has 2 unspecified atom stereocenters. The van der Waals surface area contributed by atoms with Crippen molar-refractivity contribution < 1.29 is 14.3 Å². The van der Waals surface area contributed by atoms with Gasteiger partial charge in [0.2, 0.25) is 0 Å². The van der Waals surface area contributed by atoms with Crippen molar-refractivity contribution in [2.24, 2.45) is 0 Å². The number of carbonyl (C=O) groups is 1. The fourth-order valence-electron chi connectivity index (χ4n) is 3.77. The van der Waals surface area contributed by atoms with E-state index in [2.05, 4.69) is 38.1 Å². The summed E-state index contributed by atoms with van der Waals surface area (Å²) in [4.78, 5) is 14.5. The Hall–Kier alpha value is -1.81. The van der Waals surface area contributed by atoms with Crippen LogP contribution in [0.15, 0.2) is 29.8 Å². The van der Waals surface area contributed by atoms with Crippen LogP contribution in [0.2, 0.25) is 0 Å². The zero-order chi connectivity index (χ0) is 18.2. The summed E-state index contributed by atoms with van der Waals surface area (Å²) in [5.74, 6) is 0. The lowest BCUT2D eigenvalue weighted by molar-refractivity contribution is -0.0536. The maximum absolute atomic E-state index is 12.6. The monoisotopic (exact) mass is 343 g/mol. The van der Waals surface area contributed by atoms with Crippen LogP contribution >= 0.6 is 0 Å². The Bertz CT molecular complexity index is 667. The van der Waals surface area contributed by atoms with Crippen molar-refractivity contribution in [2.75, 3.05) is 13.2 Å². The second-order valence-electron chi connectivity index (χ2n) is 8.22. The predicted octanol–water partition coefficient (Wildman–Crippen LogP) is 4.18. The van der Waals surface area contributed by atoms with Crippen LogP contribution in [0.1, 0.15) is 43.9 Å². The smallest absolute Gasteiger partial charge is 0.411 e. The summed E-state index contributed by atoms with van der Waals surface area (Å²) in [6.45, 7) is 11.2. The summed E-state index contributed by atoms with van der Waals surface area (Å²) in [5, 5.41) is 0. The molecule has 2 atom stereocenters. The van der Waals surface area contributed by atoms with Crippen molar-refractivity contribution in [2.45, 2.75) is 65.1 Å². The third kappa shape index (κ3) is 4.06. The maximum atomic E-state index is 12.6. The average Bonchev–Trinajstić information content (AvgIpc) is 2.48. The molecular formula is C21H29NO3. The first kappa shape index (κ1) is 18.0. The van der Waals surface area contributed by atoms with Crippen molar-refractivity contribution in [3.05, 3.63) is 46.5 Å². The third-order valence-electron chi connectivity index (χ3n) is 4.93. The van der Waals surface area contributed by atoms with Crippen LogP contribution in [0.4, 0.5) is 4.79 Å². The van der Waals surface area contributed by atoms with Gasteiger partial charge in [-0.15, -0.1) is 0 Å². The molecule has 0 radical (unpaired) electrons.